The molecule has 0 aliphatic heterocycles. The molecule has 2 N–H and O–H groups in total. The Labute approximate surface area is 189 Å². The molecule has 0 radical (unpaired) electrons. The fraction of sp³-hybridized carbons (Fsp3) is 0.143. The van der Waals surface area contributed by atoms with Gasteiger partial charge in [0.1, 0.15) is 22.7 Å². The zero-order valence-electron chi connectivity index (χ0n) is 18.5. The molecule has 1 heterocycles. The van der Waals surface area contributed by atoms with Gasteiger partial charge in [-0.1, -0.05) is 57.2 Å². The van der Waals surface area contributed by atoms with Gasteiger partial charge in [0, 0.05) is 21.9 Å². The highest BCUT2D eigenvalue weighted by Crippen LogP contribution is 2.43. The minimum absolute atomic E-state index is 0.0321. The predicted octanol–water partition coefficient (Wildman–Crippen LogP) is 6.04. The molecule has 0 aliphatic carbocycles. The van der Waals surface area contributed by atoms with Crippen LogP contribution in [0.5, 0.6) is 11.5 Å². The molecule has 164 valence electrons. The Balaban J connectivity index is 1.91. The van der Waals surface area contributed by atoms with Crippen LogP contribution in [0.2, 0.25) is 0 Å². The van der Waals surface area contributed by atoms with E-state index in [0.717, 1.165) is 0 Å². The maximum Gasteiger partial charge on any atom is 0.201 e. The second-order valence-corrected chi connectivity index (χ2v) is 9.21. The fourth-order valence-electron chi connectivity index (χ4n) is 4.42. The molecule has 0 unspecified atom stereocenters. The van der Waals surface area contributed by atoms with E-state index in [0.29, 0.717) is 43.8 Å². The number of hydrogen-bond donors (Lipinski definition) is 2. The average molecular weight is 438 g/mol. The van der Waals surface area contributed by atoms with Gasteiger partial charge in [-0.3, -0.25) is 9.59 Å². The molecular weight excluding hydrogens is 416 g/mol. The summed E-state index contributed by atoms with van der Waals surface area (Å²) in [6, 6.07) is 18.2. The highest BCUT2D eigenvalue weighted by atomic mass is 16.3. The summed E-state index contributed by atoms with van der Waals surface area (Å²) in [6.45, 7) is 5.79. The van der Waals surface area contributed by atoms with Crippen molar-refractivity contribution >= 4 is 38.5 Å². The summed E-state index contributed by atoms with van der Waals surface area (Å²) in [5.74, 6) is -0.527. The largest absolute Gasteiger partial charge is 0.507 e. The topological polar surface area (TPSA) is 87.7 Å². The van der Waals surface area contributed by atoms with Gasteiger partial charge in [0.05, 0.1) is 16.3 Å². The van der Waals surface area contributed by atoms with Crippen LogP contribution in [-0.4, -0.2) is 16.0 Å². The van der Waals surface area contributed by atoms with Crippen molar-refractivity contribution in [3.63, 3.8) is 0 Å². The maximum atomic E-state index is 13.5. The van der Waals surface area contributed by atoms with Gasteiger partial charge in [0.2, 0.25) is 5.43 Å². The monoisotopic (exact) mass is 438 g/mol. The Kier molecular flexibility index (Phi) is 4.53. The number of aromatic hydroxyl groups is 2. The molecule has 5 heteroatoms. The van der Waals surface area contributed by atoms with Crippen molar-refractivity contribution in [2.75, 3.05) is 0 Å². The number of carbonyl (C=O) groups excluding carboxylic acids is 1. The Morgan fingerprint density at radius 1 is 0.848 bits per heavy atom. The smallest absolute Gasteiger partial charge is 0.201 e. The van der Waals surface area contributed by atoms with Crippen LogP contribution in [0, 0.1) is 0 Å². The molecule has 0 atom stereocenters. The molecule has 0 aliphatic rings. The third-order valence-corrected chi connectivity index (χ3v) is 5.97. The van der Waals surface area contributed by atoms with Gasteiger partial charge in [-0.15, -0.1) is 0 Å². The number of phenolic OH excluding ortho intramolecular Hbond substituents is 2. The second kappa shape index (κ2) is 7.20. The summed E-state index contributed by atoms with van der Waals surface area (Å²) >= 11 is 0. The van der Waals surface area contributed by atoms with E-state index in [1.807, 2.05) is 20.8 Å². The first-order valence-corrected chi connectivity index (χ1v) is 10.7. The maximum absolute atomic E-state index is 13.5. The Hall–Kier alpha value is -4.12. The first-order chi connectivity index (χ1) is 15.7. The molecule has 0 saturated carbocycles. The van der Waals surface area contributed by atoms with Gasteiger partial charge in [0.25, 0.3) is 0 Å². The molecule has 0 saturated heterocycles. The minimum Gasteiger partial charge on any atom is -0.507 e. The Morgan fingerprint density at radius 2 is 1.55 bits per heavy atom. The van der Waals surface area contributed by atoms with E-state index in [1.54, 1.807) is 60.7 Å². The SMILES string of the molecule is CC(C)(C)c1c(O)c2cc(C(=O)c3ccccc3O)ccc2c2c(=O)c3ccccc3oc12. The molecule has 0 fully saturated rings. The van der Waals surface area contributed by atoms with Gasteiger partial charge in [0.15, 0.2) is 5.78 Å². The normalized spacial score (nSPS) is 12.0. The van der Waals surface area contributed by atoms with Crippen molar-refractivity contribution < 1.29 is 19.4 Å². The number of fused-ring (bicyclic) bond motifs is 4. The summed E-state index contributed by atoms with van der Waals surface area (Å²) < 4.78 is 6.18. The van der Waals surface area contributed by atoms with E-state index in [1.165, 1.54) is 6.07 Å². The lowest BCUT2D eigenvalue weighted by atomic mass is 9.82. The van der Waals surface area contributed by atoms with Crippen LogP contribution in [0.1, 0.15) is 42.3 Å². The number of ketones is 1. The third kappa shape index (κ3) is 3.16. The summed E-state index contributed by atoms with van der Waals surface area (Å²) in [7, 11) is 0. The van der Waals surface area contributed by atoms with E-state index in [4.69, 9.17) is 4.42 Å². The first kappa shape index (κ1) is 20.8. The highest BCUT2D eigenvalue weighted by molar-refractivity contribution is 6.17. The zero-order valence-corrected chi connectivity index (χ0v) is 18.5. The number of benzene rings is 4. The van der Waals surface area contributed by atoms with Crippen molar-refractivity contribution in [2.24, 2.45) is 0 Å². The van der Waals surface area contributed by atoms with Crippen LogP contribution < -0.4 is 5.43 Å². The quantitative estimate of drug-likeness (QED) is 0.199. The average Bonchev–Trinajstić information content (AvgIpc) is 2.78. The molecule has 5 rings (SSSR count). The summed E-state index contributed by atoms with van der Waals surface area (Å²) in [5.41, 5.74) is 1.01. The minimum atomic E-state index is -0.549. The van der Waals surface area contributed by atoms with Gasteiger partial charge < -0.3 is 14.6 Å². The van der Waals surface area contributed by atoms with Crippen molar-refractivity contribution in [1.82, 2.24) is 0 Å². The van der Waals surface area contributed by atoms with Crippen LogP contribution in [0.3, 0.4) is 0 Å². The van der Waals surface area contributed by atoms with Crippen LogP contribution in [-0.2, 0) is 5.41 Å². The zero-order chi connectivity index (χ0) is 23.5. The van der Waals surface area contributed by atoms with Crippen LogP contribution in [0.4, 0.5) is 0 Å². The highest BCUT2D eigenvalue weighted by Gasteiger charge is 2.28. The van der Waals surface area contributed by atoms with Gasteiger partial charge in [-0.25, -0.2) is 0 Å². The Bertz CT molecular complexity index is 1650. The van der Waals surface area contributed by atoms with E-state index in [9.17, 15) is 19.8 Å². The van der Waals surface area contributed by atoms with Gasteiger partial charge in [-0.05, 0) is 35.7 Å². The van der Waals surface area contributed by atoms with Crippen LogP contribution in [0.25, 0.3) is 32.7 Å². The number of carbonyl (C=O) groups is 1. The lowest BCUT2D eigenvalue weighted by Crippen LogP contribution is -2.15. The number of para-hydroxylation sites is 2. The van der Waals surface area contributed by atoms with Gasteiger partial charge >= 0.3 is 0 Å². The molecule has 0 bridgehead atoms. The van der Waals surface area contributed by atoms with Crippen molar-refractivity contribution in [2.45, 2.75) is 26.2 Å². The van der Waals surface area contributed by atoms with E-state index >= 15 is 0 Å². The molecule has 0 spiro atoms. The number of rotatable bonds is 2. The second-order valence-electron chi connectivity index (χ2n) is 9.21. The van der Waals surface area contributed by atoms with Crippen molar-refractivity contribution in [3.05, 3.63) is 93.6 Å². The van der Waals surface area contributed by atoms with Crippen molar-refractivity contribution in [3.8, 4) is 11.5 Å². The predicted molar refractivity (Wildman–Crippen MR) is 129 cm³/mol. The molecule has 5 aromatic rings. The molecule has 1 aromatic heterocycles. The summed E-state index contributed by atoms with van der Waals surface area (Å²) in [6.07, 6.45) is 0. The molecule has 4 aromatic carbocycles. The summed E-state index contributed by atoms with van der Waals surface area (Å²) in [5, 5.41) is 23.2. The fourth-order valence-corrected chi connectivity index (χ4v) is 4.42. The Morgan fingerprint density at radius 3 is 2.27 bits per heavy atom. The lowest BCUT2D eigenvalue weighted by Gasteiger charge is -2.23. The van der Waals surface area contributed by atoms with E-state index in [-0.39, 0.29) is 28.3 Å². The number of hydrogen-bond acceptors (Lipinski definition) is 5. The lowest BCUT2D eigenvalue weighted by molar-refractivity contribution is 0.103. The molecule has 33 heavy (non-hydrogen) atoms. The molecular formula is C28H22O5. The number of phenols is 2. The molecule has 5 nitrogen and oxygen atoms in total. The standard InChI is InChI=1S/C28H22O5/c1-28(2,3)23-26(32)19-14-15(24(30)17-8-4-6-10-20(17)29)12-13-16(19)22-25(31)18-9-5-7-11-21(18)33-27(22)23/h4-14,29,32H,1-3H3. The summed E-state index contributed by atoms with van der Waals surface area (Å²) in [4.78, 5) is 26.6. The van der Waals surface area contributed by atoms with Crippen LogP contribution >= 0.6 is 0 Å². The third-order valence-electron chi connectivity index (χ3n) is 5.97. The van der Waals surface area contributed by atoms with Crippen LogP contribution in [0.15, 0.2) is 75.9 Å². The van der Waals surface area contributed by atoms with Gasteiger partial charge in [-0.2, -0.15) is 0 Å². The molecule has 0 amide bonds. The van der Waals surface area contributed by atoms with Crippen molar-refractivity contribution in [1.29, 1.82) is 0 Å². The first-order valence-electron chi connectivity index (χ1n) is 10.7. The van der Waals surface area contributed by atoms with E-state index in [2.05, 4.69) is 0 Å². The van der Waals surface area contributed by atoms with E-state index < -0.39 is 5.41 Å².